The summed E-state index contributed by atoms with van der Waals surface area (Å²) < 4.78 is 5.30. The summed E-state index contributed by atoms with van der Waals surface area (Å²) in [5.41, 5.74) is 0.317. The summed E-state index contributed by atoms with van der Waals surface area (Å²) in [4.78, 5) is 7.56. The number of aromatic nitrogens is 2. The Labute approximate surface area is 143 Å². The van der Waals surface area contributed by atoms with Crippen LogP contribution in [0.3, 0.4) is 0 Å². The Morgan fingerprint density at radius 3 is 2.21 bits per heavy atom. The molecular weight excluding hydrogens is 330 g/mol. The first-order chi connectivity index (χ1) is 11.6. The van der Waals surface area contributed by atoms with Crippen molar-refractivity contribution in [3.8, 4) is 29.2 Å². The summed E-state index contributed by atoms with van der Waals surface area (Å²) in [6.07, 6.45) is 1.29. The molecule has 0 radical (unpaired) electrons. The molecule has 24 heavy (non-hydrogen) atoms. The zero-order valence-electron chi connectivity index (χ0n) is 12.3. The number of ether oxygens (including phenoxy) is 1. The predicted octanol–water partition coefficient (Wildman–Crippen LogP) is 3.89. The van der Waals surface area contributed by atoms with Gasteiger partial charge in [-0.2, -0.15) is 5.26 Å². The molecule has 3 aromatic rings. The standard InChI is InChI=1S/C10H7ClN2O2.C7H5NO/c11-9-5-10(13-6-12-9)15-8-4-2-1-3-7(8)14;8-5-6-3-1-2-4-7(6)9/h1-6,14H;1-4,9H. The van der Waals surface area contributed by atoms with Crippen LogP contribution >= 0.6 is 11.6 Å². The molecule has 0 bridgehead atoms. The van der Waals surface area contributed by atoms with Gasteiger partial charge in [-0.1, -0.05) is 35.9 Å². The minimum absolute atomic E-state index is 0.0417. The van der Waals surface area contributed by atoms with Crippen molar-refractivity contribution in [2.24, 2.45) is 0 Å². The van der Waals surface area contributed by atoms with Gasteiger partial charge in [-0.25, -0.2) is 9.97 Å². The number of nitriles is 1. The van der Waals surface area contributed by atoms with Crippen molar-refractivity contribution in [2.45, 2.75) is 0 Å². The highest BCUT2D eigenvalue weighted by Gasteiger charge is 2.03. The summed E-state index contributed by atoms with van der Waals surface area (Å²) >= 11 is 5.66. The van der Waals surface area contributed by atoms with E-state index in [4.69, 9.17) is 26.7 Å². The predicted molar refractivity (Wildman–Crippen MR) is 88.0 cm³/mol. The van der Waals surface area contributed by atoms with Crippen LogP contribution in [0.1, 0.15) is 5.56 Å². The molecule has 2 aromatic carbocycles. The average molecular weight is 342 g/mol. The van der Waals surface area contributed by atoms with E-state index in [0.717, 1.165) is 0 Å². The molecule has 0 atom stereocenters. The van der Waals surface area contributed by atoms with Gasteiger partial charge in [-0.15, -0.1) is 0 Å². The SMILES string of the molecule is N#Cc1ccccc1O.Oc1ccccc1Oc1cc(Cl)ncn1. The van der Waals surface area contributed by atoms with Gasteiger partial charge >= 0.3 is 0 Å². The number of para-hydroxylation sites is 3. The molecule has 0 saturated carbocycles. The molecule has 0 fully saturated rings. The lowest BCUT2D eigenvalue weighted by Gasteiger charge is -2.05. The molecule has 6 nitrogen and oxygen atoms in total. The number of benzene rings is 2. The monoisotopic (exact) mass is 341 g/mol. The zero-order chi connectivity index (χ0) is 17.4. The Morgan fingerprint density at radius 2 is 1.62 bits per heavy atom. The van der Waals surface area contributed by atoms with Crippen molar-refractivity contribution < 1.29 is 14.9 Å². The molecule has 0 spiro atoms. The minimum Gasteiger partial charge on any atom is -0.507 e. The fourth-order valence-corrected chi connectivity index (χ4v) is 1.73. The van der Waals surface area contributed by atoms with Gasteiger partial charge in [-0.3, -0.25) is 0 Å². The summed E-state index contributed by atoms with van der Waals surface area (Å²) in [7, 11) is 0. The third-order valence-corrected chi connectivity index (χ3v) is 2.92. The van der Waals surface area contributed by atoms with Crippen LogP contribution in [0.4, 0.5) is 0 Å². The summed E-state index contributed by atoms with van der Waals surface area (Å²) in [6, 6.07) is 16.4. The highest BCUT2D eigenvalue weighted by atomic mass is 35.5. The highest BCUT2D eigenvalue weighted by molar-refractivity contribution is 6.29. The lowest BCUT2D eigenvalue weighted by molar-refractivity contribution is 0.402. The number of nitrogens with zero attached hydrogens (tertiary/aromatic N) is 3. The van der Waals surface area contributed by atoms with Gasteiger partial charge in [-0.05, 0) is 24.3 Å². The van der Waals surface area contributed by atoms with Gasteiger partial charge in [0.1, 0.15) is 23.3 Å². The Hall–Kier alpha value is -3.30. The van der Waals surface area contributed by atoms with Crippen molar-refractivity contribution in [3.05, 3.63) is 71.6 Å². The third kappa shape index (κ3) is 4.87. The van der Waals surface area contributed by atoms with Crippen LogP contribution in [-0.2, 0) is 0 Å². The van der Waals surface area contributed by atoms with Crippen LogP contribution in [0.2, 0.25) is 5.15 Å². The first-order valence-corrected chi connectivity index (χ1v) is 7.09. The second-order valence-electron chi connectivity index (χ2n) is 4.38. The maximum Gasteiger partial charge on any atom is 0.223 e. The number of aromatic hydroxyl groups is 2. The van der Waals surface area contributed by atoms with Crippen LogP contribution in [0.5, 0.6) is 23.1 Å². The Balaban J connectivity index is 0.000000198. The summed E-state index contributed by atoms with van der Waals surface area (Å²) in [6.45, 7) is 0. The van der Waals surface area contributed by atoms with E-state index in [9.17, 15) is 5.11 Å². The van der Waals surface area contributed by atoms with E-state index >= 15 is 0 Å². The quantitative estimate of drug-likeness (QED) is 0.686. The van der Waals surface area contributed by atoms with E-state index in [0.29, 0.717) is 11.3 Å². The maximum atomic E-state index is 9.44. The van der Waals surface area contributed by atoms with Crippen molar-refractivity contribution >= 4 is 11.6 Å². The highest BCUT2D eigenvalue weighted by Crippen LogP contribution is 2.29. The van der Waals surface area contributed by atoms with Crippen LogP contribution < -0.4 is 4.74 Å². The number of phenolic OH excluding ortho intramolecular Hbond substituents is 2. The molecular formula is C17H12ClN3O3. The van der Waals surface area contributed by atoms with E-state index in [2.05, 4.69) is 9.97 Å². The number of hydrogen-bond donors (Lipinski definition) is 2. The first-order valence-electron chi connectivity index (χ1n) is 6.71. The third-order valence-electron chi connectivity index (χ3n) is 2.71. The molecule has 0 aliphatic carbocycles. The van der Waals surface area contributed by atoms with Crippen molar-refractivity contribution in [2.75, 3.05) is 0 Å². The number of halogens is 1. The van der Waals surface area contributed by atoms with Crippen molar-refractivity contribution in [1.29, 1.82) is 5.26 Å². The van der Waals surface area contributed by atoms with E-state index in [-0.39, 0.29) is 22.5 Å². The average Bonchev–Trinajstić information content (AvgIpc) is 2.58. The van der Waals surface area contributed by atoms with Gasteiger partial charge in [0.05, 0.1) is 5.56 Å². The van der Waals surface area contributed by atoms with Crippen LogP contribution in [0.15, 0.2) is 60.9 Å². The molecule has 1 aromatic heterocycles. The fourth-order valence-electron chi connectivity index (χ4n) is 1.60. The largest absolute Gasteiger partial charge is 0.507 e. The molecule has 1 heterocycles. The fraction of sp³-hybridized carbons (Fsp3) is 0. The smallest absolute Gasteiger partial charge is 0.223 e. The lowest BCUT2D eigenvalue weighted by atomic mass is 10.2. The normalized spacial score (nSPS) is 9.33. The Kier molecular flexibility index (Phi) is 5.95. The number of phenols is 2. The summed E-state index contributed by atoms with van der Waals surface area (Å²) in [5, 5.41) is 26.9. The van der Waals surface area contributed by atoms with Gasteiger partial charge in [0.2, 0.25) is 5.88 Å². The maximum absolute atomic E-state index is 9.44. The van der Waals surface area contributed by atoms with Gasteiger partial charge in [0, 0.05) is 6.07 Å². The molecule has 2 N–H and O–H groups in total. The Morgan fingerprint density at radius 1 is 0.958 bits per heavy atom. The van der Waals surface area contributed by atoms with Gasteiger partial charge in [0.15, 0.2) is 11.5 Å². The van der Waals surface area contributed by atoms with E-state index in [1.54, 1.807) is 36.4 Å². The topological polar surface area (TPSA) is 99.3 Å². The Bertz CT molecular complexity index is 865. The molecule has 120 valence electrons. The van der Waals surface area contributed by atoms with Crippen LogP contribution in [0, 0.1) is 11.3 Å². The first kappa shape index (κ1) is 17.1. The van der Waals surface area contributed by atoms with E-state index in [1.165, 1.54) is 24.5 Å². The van der Waals surface area contributed by atoms with E-state index < -0.39 is 0 Å². The van der Waals surface area contributed by atoms with Gasteiger partial charge < -0.3 is 14.9 Å². The summed E-state index contributed by atoms with van der Waals surface area (Å²) in [5.74, 6) is 0.705. The number of rotatable bonds is 2. The second-order valence-corrected chi connectivity index (χ2v) is 4.76. The molecule has 7 heteroatoms. The molecule has 0 amide bonds. The molecule has 0 saturated heterocycles. The van der Waals surface area contributed by atoms with Crippen LogP contribution in [-0.4, -0.2) is 20.2 Å². The second kappa shape index (κ2) is 8.36. The van der Waals surface area contributed by atoms with Crippen LogP contribution in [0.25, 0.3) is 0 Å². The minimum atomic E-state index is 0.0417. The van der Waals surface area contributed by atoms with Crippen molar-refractivity contribution in [1.82, 2.24) is 9.97 Å². The molecule has 3 rings (SSSR count). The molecule has 0 aliphatic rings. The molecule has 0 unspecified atom stereocenters. The molecule has 0 aliphatic heterocycles. The lowest BCUT2D eigenvalue weighted by Crippen LogP contribution is -1.88. The zero-order valence-corrected chi connectivity index (χ0v) is 13.1. The van der Waals surface area contributed by atoms with E-state index in [1.807, 2.05) is 6.07 Å². The van der Waals surface area contributed by atoms with Crippen molar-refractivity contribution in [3.63, 3.8) is 0 Å². The number of hydrogen-bond acceptors (Lipinski definition) is 6. The van der Waals surface area contributed by atoms with Gasteiger partial charge in [0.25, 0.3) is 0 Å².